The predicted octanol–water partition coefficient (Wildman–Crippen LogP) is 6.36. The molecule has 0 saturated carbocycles. The first-order chi connectivity index (χ1) is 18.0. The average molecular weight is 488 g/mol. The van der Waals surface area contributed by atoms with Gasteiger partial charge < -0.3 is 4.90 Å². The summed E-state index contributed by atoms with van der Waals surface area (Å²) in [5, 5.41) is 0. The van der Waals surface area contributed by atoms with E-state index in [1.165, 1.54) is 11.0 Å². The molecule has 0 radical (unpaired) electrons. The molecule has 0 fully saturated rings. The monoisotopic (exact) mass is 487 g/mol. The highest BCUT2D eigenvalue weighted by molar-refractivity contribution is 6.22. The van der Waals surface area contributed by atoms with Gasteiger partial charge in [0.25, 0.3) is 5.91 Å². The van der Waals surface area contributed by atoms with Gasteiger partial charge in [-0.3, -0.25) is 19.2 Å². The summed E-state index contributed by atoms with van der Waals surface area (Å²) in [6.07, 6.45) is 3.53. The molecule has 0 aromatic heterocycles. The normalized spacial score (nSPS) is 10.8. The van der Waals surface area contributed by atoms with Crippen molar-refractivity contribution < 1.29 is 19.2 Å². The zero-order chi connectivity index (χ0) is 26.4. The van der Waals surface area contributed by atoms with E-state index in [1.807, 2.05) is 54.6 Å². The third kappa shape index (κ3) is 4.93. The summed E-state index contributed by atoms with van der Waals surface area (Å²) in [5.41, 5.74) is 3.94. The summed E-state index contributed by atoms with van der Waals surface area (Å²) in [7, 11) is 1.64. The molecule has 0 aliphatic heterocycles. The summed E-state index contributed by atoms with van der Waals surface area (Å²) < 4.78 is 0. The highest BCUT2D eigenvalue weighted by atomic mass is 16.2. The smallest absolute Gasteiger partial charge is 0.259 e. The summed E-state index contributed by atoms with van der Waals surface area (Å²) in [5.74, 6) is -0.868. The number of amides is 1. The SMILES string of the molecule is Cc1c(C(=O)/C=C\C=O)c(-c2ccccc2)c(C(=O)N(C)c2ccccc2)c(C=O)c1-c1ccccc1. The Balaban J connectivity index is 2.17. The van der Waals surface area contributed by atoms with Gasteiger partial charge in [-0.15, -0.1) is 0 Å². The van der Waals surface area contributed by atoms with E-state index >= 15 is 0 Å². The Hall–Kier alpha value is -4.90. The van der Waals surface area contributed by atoms with E-state index in [9.17, 15) is 19.2 Å². The Morgan fingerprint density at radius 3 is 1.73 bits per heavy atom. The van der Waals surface area contributed by atoms with Gasteiger partial charge in [0.05, 0.1) is 5.56 Å². The number of allylic oxidation sites excluding steroid dienone is 2. The number of carbonyl (C=O) groups excluding carboxylic acids is 4. The number of ketones is 1. The molecule has 0 heterocycles. The summed E-state index contributed by atoms with van der Waals surface area (Å²) in [4.78, 5) is 53.0. The van der Waals surface area contributed by atoms with Crippen LogP contribution in [0.1, 0.15) is 36.6 Å². The topological polar surface area (TPSA) is 71.5 Å². The van der Waals surface area contributed by atoms with E-state index in [0.29, 0.717) is 46.1 Å². The minimum Gasteiger partial charge on any atom is -0.311 e. The molecule has 4 aromatic carbocycles. The van der Waals surface area contributed by atoms with E-state index in [4.69, 9.17) is 0 Å². The van der Waals surface area contributed by atoms with Crippen molar-refractivity contribution in [2.45, 2.75) is 6.92 Å². The fourth-order valence-electron chi connectivity index (χ4n) is 4.56. The van der Waals surface area contributed by atoms with Crippen molar-refractivity contribution in [3.05, 3.63) is 125 Å². The Morgan fingerprint density at radius 1 is 0.703 bits per heavy atom. The van der Waals surface area contributed by atoms with Gasteiger partial charge >= 0.3 is 0 Å². The molecule has 0 aliphatic rings. The standard InChI is InChI=1S/C32H25NO4/c1-22-28(23-13-6-3-7-14-23)26(21-35)31(32(37)33(2)25-17-10-5-11-18-25)30(24-15-8-4-9-16-24)29(22)27(36)19-12-20-34/h3-21H,1-2H3/b19-12-. The van der Waals surface area contributed by atoms with Crippen LogP contribution < -0.4 is 4.90 Å². The van der Waals surface area contributed by atoms with E-state index < -0.39 is 11.7 Å². The van der Waals surface area contributed by atoms with E-state index in [-0.39, 0.29) is 16.7 Å². The van der Waals surface area contributed by atoms with Crippen molar-refractivity contribution >= 4 is 30.0 Å². The highest BCUT2D eigenvalue weighted by Gasteiger charge is 2.31. The molecule has 0 N–H and O–H groups in total. The van der Waals surface area contributed by atoms with E-state index in [1.54, 1.807) is 50.4 Å². The first-order valence-electron chi connectivity index (χ1n) is 11.8. The van der Waals surface area contributed by atoms with E-state index in [2.05, 4.69) is 0 Å². The molecule has 0 unspecified atom stereocenters. The Labute approximate surface area is 215 Å². The Morgan fingerprint density at radius 2 is 1.22 bits per heavy atom. The van der Waals surface area contributed by atoms with Gasteiger partial charge in [0.15, 0.2) is 12.1 Å². The zero-order valence-corrected chi connectivity index (χ0v) is 20.5. The van der Waals surface area contributed by atoms with Crippen LogP contribution in [0.5, 0.6) is 0 Å². The number of hydrogen-bond acceptors (Lipinski definition) is 4. The van der Waals surface area contributed by atoms with Crippen LogP contribution in [0.2, 0.25) is 0 Å². The van der Waals surface area contributed by atoms with Crippen molar-refractivity contribution in [3.63, 3.8) is 0 Å². The average Bonchev–Trinajstić information content (AvgIpc) is 2.95. The van der Waals surface area contributed by atoms with Crippen molar-refractivity contribution in [2.24, 2.45) is 0 Å². The first kappa shape index (κ1) is 25.2. The van der Waals surface area contributed by atoms with Crippen molar-refractivity contribution in [2.75, 3.05) is 11.9 Å². The molecule has 0 saturated heterocycles. The van der Waals surface area contributed by atoms with E-state index in [0.717, 1.165) is 6.08 Å². The quantitative estimate of drug-likeness (QED) is 0.165. The second-order valence-electron chi connectivity index (χ2n) is 8.45. The highest BCUT2D eigenvalue weighted by Crippen LogP contribution is 2.41. The minimum atomic E-state index is -0.436. The van der Waals surface area contributed by atoms with Gasteiger partial charge in [0.2, 0.25) is 0 Å². The molecular formula is C32H25NO4. The number of anilines is 1. The van der Waals surface area contributed by atoms with Gasteiger partial charge in [-0.1, -0.05) is 78.9 Å². The minimum absolute atomic E-state index is 0.125. The number of carbonyl (C=O) groups is 4. The fourth-order valence-corrected chi connectivity index (χ4v) is 4.56. The molecule has 37 heavy (non-hydrogen) atoms. The molecule has 0 bridgehead atoms. The molecule has 5 nitrogen and oxygen atoms in total. The molecule has 1 amide bonds. The van der Waals surface area contributed by atoms with Crippen LogP contribution in [0.4, 0.5) is 5.69 Å². The molecule has 0 aliphatic carbocycles. The predicted molar refractivity (Wildman–Crippen MR) is 146 cm³/mol. The maximum Gasteiger partial charge on any atom is 0.259 e. The molecule has 0 spiro atoms. The summed E-state index contributed by atoms with van der Waals surface area (Å²) in [6.45, 7) is 1.76. The van der Waals surface area contributed by atoms with Crippen LogP contribution in [0, 0.1) is 6.92 Å². The number of rotatable bonds is 8. The van der Waals surface area contributed by atoms with Crippen LogP contribution in [0.3, 0.4) is 0 Å². The third-order valence-corrected chi connectivity index (χ3v) is 6.27. The van der Waals surface area contributed by atoms with Crippen LogP contribution in [-0.2, 0) is 4.79 Å². The van der Waals surface area contributed by atoms with Crippen LogP contribution in [-0.4, -0.2) is 31.3 Å². The van der Waals surface area contributed by atoms with Crippen LogP contribution in [0.15, 0.2) is 103 Å². The Bertz CT molecular complexity index is 1490. The summed E-state index contributed by atoms with van der Waals surface area (Å²) >= 11 is 0. The molecule has 4 rings (SSSR count). The maximum absolute atomic E-state index is 14.2. The fraction of sp³-hybridized carbons (Fsp3) is 0.0625. The lowest BCUT2D eigenvalue weighted by Crippen LogP contribution is -2.29. The lowest BCUT2D eigenvalue weighted by molar-refractivity contribution is -0.104. The van der Waals surface area contributed by atoms with Gasteiger partial charge in [0, 0.05) is 29.4 Å². The summed E-state index contributed by atoms with van der Waals surface area (Å²) in [6, 6.07) is 27.3. The van der Waals surface area contributed by atoms with Crippen molar-refractivity contribution in [1.82, 2.24) is 0 Å². The number of para-hydroxylation sites is 1. The van der Waals surface area contributed by atoms with Crippen molar-refractivity contribution in [3.8, 4) is 22.3 Å². The van der Waals surface area contributed by atoms with Gasteiger partial charge in [-0.2, -0.15) is 0 Å². The largest absolute Gasteiger partial charge is 0.311 e. The molecule has 0 atom stereocenters. The third-order valence-electron chi connectivity index (χ3n) is 6.27. The zero-order valence-electron chi connectivity index (χ0n) is 20.5. The molecule has 182 valence electrons. The van der Waals surface area contributed by atoms with Crippen LogP contribution >= 0.6 is 0 Å². The molecule has 5 heteroatoms. The lowest BCUT2D eigenvalue weighted by Gasteiger charge is -2.25. The van der Waals surface area contributed by atoms with Gasteiger partial charge in [0.1, 0.15) is 6.29 Å². The number of hydrogen-bond donors (Lipinski definition) is 0. The lowest BCUT2D eigenvalue weighted by atomic mass is 9.80. The molecular weight excluding hydrogens is 462 g/mol. The number of benzene rings is 4. The number of aldehydes is 2. The number of nitrogens with zero attached hydrogens (tertiary/aromatic N) is 1. The maximum atomic E-state index is 14.2. The van der Waals surface area contributed by atoms with Crippen molar-refractivity contribution in [1.29, 1.82) is 0 Å². The second-order valence-corrected chi connectivity index (χ2v) is 8.45. The second kappa shape index (κ2) is 11.2. The first-order valence-corrected chi connectivity index (χ1v) is 11.8. The Kier molecular flexibility index (Phi) is 7.65. The molecule has 4 aromatic rings. The van der Waals surface area contributed by atoms with Crippen LogP contribution in [0.25, 0.3) is 22.3 Å². The van der Waals surface area contributed by atoms with Gasteiger partial charge in [-0.25, -0.2) is 0 Å². The van der Waals surface area contributed by atoms with Gasteiger partial charge in [-0.05, 0) is 53.5 Å².